The number of carbonyl (C=O) groups excluding carboxylic acids is 1. The summed E-state index contributed by atoms with van der Waals surface area (Å²) in [5.74, 6) is -0.851. The van der Waals surface area contributed by atoms with Gasteiger partial charge in [-0.3, -0.25) is 4.79 Å². The Bertz CT molecular complexity index is 741. The van der Waals surface area contributed by atoms with Crippen LogP contribution < -0.4 is 5.32 Å². The molecule has 0 fully saturated rings. The van der Waals surface area contributed by atoms with Crippen molar-refractivity contribution in [3.05, 3.63) is 45.7 Å². The van der Waals surface area contributed by atoms with Crippen LogP contribution in [-0.4, -0.2) is 10.9 Å². The molecule has 1 amide bonds. The molecule has 0 bridgehead atoms. The normalized spacial score (nSPS) is 11.0. The molecule has 0 saturated heterocycles. The molecule has 2 aromatic rings. The largest absolute Gasteiger partial charge is 0.326 e. The quantitative estimate of drug-likeness (QED) is 0.940. The fraction of sp³-hybridized carbons (Fsp3) is 0.312. The number of carbonyl (C=O) groups is 1. The molecule has 1 aromatic carbocycles. The minimum Gasteiger partial charge on any atom is -0.326 e. The van der Waals surface area contributed by atoms with Crippen molar-refractivity contribution in [3.63, 3.8) is 0 Å². The van der Waals surface area contributed by atoms with E-state index in [1.165, 1.54) is 23.5 Å². The number of aromatic nitrogens is 1. The van der Waals surface area contributed by atoms with Gasteiger partial charge in [-0.25, -0.2) is 9.37 Å². The lowest BCUT2D eigenvalue weighted by atomic mass is 9.98. The Morgan fingerprint density at radius 3 is 2.77 bits per heavy atom. The van der Waals surface area contributed by atoms with Crippen LogP contribution in [-0.2, 0) is 16.6 Å². The minimum atomic E-state index is -0.602. The summed E-state index contributed by atoms with van der Waals surface area (Å²) in [7, 11) is 0. The molecule has 0 aliphatic carbocycles. The molecule has 0 radical (unpaired) electrons. The van der Waals surface area contributed by atoms with Gasteiger partial charge < -0.3 is 5.32 Å². The van der Waals surface area contributed by atoms with E-state index in [2.05, 4.69) is 31.1 Å². The Morgan fingerprint density at radius 1 is 1.45 bits per heavy atom. The summed E-state index contributed by atoms with van der Waals surface area (Å²) < 4.78 is 13.2. The highest BCUT2D eigenvalue weighted by Crippen LogP contribution is 2.25. The van der Waals surface area contributed by atoms with E-state index in [-0.39, 0.29) is 23.3 Å². The van der Waals surface area contributed by atoms with Crippen molar-refractivity contribution < 1.29 is 9.18 Å². The summed E-state index contributed by atoms with van der Waals surface area (Å²) >= 11 is 1.53. The van der Waals surface area contributed by atoms with Crippen molar-refractivity contribution in [2.75, 3.05) is 5.32 Å². The van der Waals surface area contributed by atoms with Gasteiger partial charge in [0.05, 0.1) is 22.7 Å². The van der Waals surface area contributed by atoms with Gasteiger partial charge in [-0.2, -0.15) is 5.26 Å². The summed E-state index contributed by atoms with van der Waals surface area (Å²) in [6, 6.07) is 5.64. The first-order valence-corrected chi connectivity index (χ1v) is 7.62. The minimum absolute atomic E-state index is 0.0436. The number of rotatable bonds is 3. The van der Waals surface area contributed by atoms with E-state index in [9.17, 15) is 9.18 Å². The molecule has 6 heteroatoms. The van der Waals surface area contributed by atoms with Crippen molar-refractivity contribution in [2.45, 2.75) is 32.6 Å². The Kier molecular flexibility index (Phi) is 4.57. The molecule has 1 aromatic heterocycles. The highest BCUT2D eigenvalue weighted by atomic mass is 32.1. The fourth-order valence-corrected chi connectivity index (χ4v) is 2.70. The number of hydrogen-bond donors (Lipinski definition) is 1. The number of amides is 1. The van der Waals surface area contributed by atoms with E-state index in [0.717, 1.165) is 11.1 Å². The lowest BCUT2D eigenvalue weighted by molar-refractivity contribution is -0.115. The zero-order chi connectivity index (χ0) is 16.3. The molecule has 0 saturated carbocycles. The molecular formula is C16H16FN3OS. The predicted octanol–water partition coefficient (Wildman–Crippen LogP) is 3.63. The SMILES string of the molecule is CC(C)(C)c1nc(CC(=O)Nc2ccc(F)c(C#N)c2)cs1. The van der Waals surface area contributed by atoms with Gasteiger partial charge in [0.2, 0.25) is 5.91 Å². The Balaban J connectivity index is 2.05. The van der Waals surface area contributed by atoms with Crippen LogP contribution in [0.25, 0.3) is 0 Å². The van der Waals surface area contributed by atoms with Gasteiger partial charge in [-0.15, -0.1) is 11.3 Å². The average Bonchev–Trinajstić information content (AvgIpc) is 2.89. The van der Waals surface area contributed by atoms with Gasteiger partial charge in [-0.1, -0.05) is 20.8 Å². The molecular weight excluding hydrogens is 301 g/mol. The highest BCUT2D eigenvalue weighted by molar-refractivity contribution is 7.09. The number of halogens is 1. The van der Waals surface area contributed by atoms with E-state index in [1.807, 2.05) is 5.38 Å². The lowest BCUT2D eigenvalue weighted by Crippen LogP contribution is -2.15. The average molecular weight is 317 g/mol. The van der Waals surface area contributed by atoms with E-state index < -0.39 is 5.82 Å². The topological polar surface area (TPSA) is 65.8 Å². The van der Waals surface area contributed by atoms with E-state index in [4.69, 9.17) is 5.26 Å². The van der Waals surface area contributed by atoms with Crippen LogP contribution in [0.15, 0.2) is 23.6 Å². The lowest BCUT2D eigenvalue weighted by Gasteiger charge is -2.13. The second-order valence-electron chi connectivity index (χ2n) is 5.93. The smallest absolute Gasteiger partial charge is 0.230 e. The van der Waals surface area contributed by atoms with Crippen molar-refractivity contribution in [2.24, 2.45) is 0 Å². The molecule has 1 heterocycles. The number of nitriles is 1. The van der Waals surface area contributed by atoms with Crippen LogP contribution >= 0.6 is 11.3 Å². The molecule has 0 aliphatic heterocycles. The number of nitrogens with one attached hydrogen (secondary N) is 1. The van der Waals surface area contributed by atoms with E-state index in [1.54, 1.807) is 6.07 Å². The second-order valence-corrected chi connectivity index (χ2v) is 6.78. The summed E-state index contributed by atoms with van der Waals surface area (Å²) in [6.45, 7) is 6.20. The summed E-state index contributed by atoms with van der Waals surface area (Å²) in [4.78, 5) is 16.5. The Hall–Kier alpha value is -2.26. The first-order valence-electron chi connectivity index (χ1n) is 6.74. The Morgan fingerprint density at radius 2 is 2.18 bits per heavy atom. The molecule has 2 rings (SSSR count). The number of nitrogens with zero attached hydrogens (tertiary/aromatic N) is 2. The third kappa shape index (κ3) is 3.89. The number of thiazole rings is 1. The van der Waals surface area contributed by atoms with Crippen molar-refractivity contribution in [1.29, 1.82) is 5.26 Å². The monoisotopic (exact) mass is 317 g/mol. The van der Waals surface area contributed by atoms with Crippen LogP contribution in [0.4, 0.5) is 10.1 Å². The molecule has 1 N–H and O–H groups in total. The van der Waals surface area contributed by atoms with Gasteiger partial charge in [-0.05, 0) is 18.2 Å². The predicted molar refractivity (Wildman–Crippen MR) is 84.3 cm³/mol. The molecule has 0 atom stereocenters. The third-order valence-electron chi connectivity index (χ3n) is 2.91. The van der Waals surface area contributed by atoms with Crippen LogP contribution in [0.5, 0.6) is 0 Å². The maximum absolute atomic E-state index is 13.2. The standard InChI is InChI=1S/C16H16FN3OS/c1-16(2,3)15-20-12(9-22-15)7-14(21)19-11-4-5-13(17)10(6-11)8-18/h4-6,9H,7H2,1-3H3,(H,19,21). The molecule has 114 valence electrons. The third-order valence-corrected chi connectivity index (χ3v) is 4.22. The maximum Gasteiger partial charge on any atom is 0.230 e. The van der Waals surface area contributed by atoms with Crippen molar-refractivity contribution >= 4 is 22.9 Å². The van der Waals surface area contributed by atoms with Crippen molar-refractivity contribution in [1.82, 2.24) is 4.98 Å². The van der Waals surface area contributed by atoms with E-state index in [0.29, 0.717) is 11.4 Å². The van der Waals surface area contributed by atoms with Gasteiger partial charge in [0.1, 0.15) is 11.9 Å². The van der Waals surface area contributed by atoms with Crippen LogP contribution in [0.3, 0.4) is 0 Å². The molecule has 4 nitrogen and oxygen atoms in total. The van der Waals surface area contributed by atoms with Gasteiger partial charge in [0.15, 0.2) is 0 Å². The van der Waals surface area contributed by atoms with Gasteiger partial charge in [0.25, 0.3) is 0 Å². The maximum atomic E-state index is 13.2. The molecule has 22 heavy (non-hydrogen) atoms. The zero-order valence-corrected chi connectivity index (χ0v) is 13.4. The summed E-state index contributed by atoms with van der Waals surface area (Å²) in [5.41, 5.74) is 0.962. The second kappa shape index (κ2) is 6.24. The molecule has 0 aliphatic rings. The molecule has 0 spiro atoms. The first-order chi connectivity index (χ1) is 10.3. The summed E-state index contributed by atoms with van der Waals surface area (Å²) in [6.07, 6.45) is 0.145. The zero-order valence-electron chi connectivity index (χ0n) is 12.6. The Labute approximate surface area is 132 Å². The molecule has 0 unspecified atom stereocenters. The van der Waals surface area contributed by atoms with Crippen LogP contribution in [0.1, 0.15) is 37.0 Å². The fourth-order valence-electron chi connectivity index (χ4n) is 1.79. The van der Waals surface area contributed by atoms with Gasteiger partial charge in [0, 0.05) is 16.5 Å². The number of anilines is 1. The van der Waals surface area contributed by atoms with Crippen molar-refractivity contribution in [3.8, 4) is 6.07 Å². The van der Waals surface area contributed by atoms with E-state index >= 15 is 0 Å². The summed E-state index contributed by atoms with van der Waals surface area (Å²) in [5, 5.41) is 14.3. The highest BCUT2D eigenvalue weighted by Gasteiger charge is 2.18. The van der Waals surface area contributed by atoms with Crippen LogP contribution in [0.2, 0.25) is 0 Å². The first kappa shape index (κ1) is 16.1. The van der Waals surface area contributed by atoms with Gasteiger partial charge >= 0.3 is 0 Å². The number of hydrogen-bond acceptors (Lipinski definition) is 4. The number of benzene rings is 1. The van der Waals surface area contributed by atoms with Crippen LogP contribution in [0, 0.1) is 17.1 Å².